The Labute approximate surface area is 185 Å². The zero-order valence-corrected chi connectivity index (χ0v) is 18.4. The number of nitrogens with zero attached hydrogens (tertiary/aromatic N) is 3. The van der Waals surface area contributed by atoms with E-state index in [1.807, 2.05) is 0 Å². The minimum Gasteiger partial charge on any atom is -0.365 e. The van der Waals surface area contributed by atoms with Crippen molar-refractivity contribution in [3.05, 3.63) is 45.9 Å². The summed E-state index contributed by atoms with van der Waals surface area (Å²) in [5.41, 5.74) is -0.979. The lowest BCUT2D eigenvalue weighted by atomic mass is 10.2. The Hall–Kier alpha value is -1.70. The summed E-state index contributed by atoms with van der Waals surface area (Å²) in [7, 11) is 1.53. The van der Waals surface area contributed by atoms with Crippen LogP contribution in [0.25, 0.3) is 0 Å². The van der Waals surface area contributed by atoms with Gasteiger partial charge in [0.15, 0.2) is 11.7 Å². The zero-order valence-electron chi connectivity index (χ0n) is 15.3. The Morgan fingerprint density at radius 3 is 2.59 bits per heavy atom. The van der Waals surface area contributed by atoms with Crippen molar-refractivity contribution < 1.29 is 22.0 Å². The second kappa shape index (κ2) is 9.87. The Morgan fingerprint density at radius 2 is 2.00 bits per heavy atom. The smallest absolute Gasteiger partial charge is 0.365 e. The molecular formula is C17H19F5IN5S. The molecule has 1 atom stereocenters. The van der Waals surface area contributed by atoms with Crippen molar-refractivity contribution in [2.24, 2.45) is 4.99 Å². The predicted molar refractivity (Wildman–Crippen MR) is 113 cm³/mol. The van der Waals surface area contributed by atoms with Crippen LogP contribution in [-0.4, -0.2) is 37.1 Å². The molecule has 1 fully saturated rings. The summed E-state index contributed by atoms with van der Waals surface area (Å²) in [5, 5.41) is 7.26. The van der Waals surface area contributed by atoms with E-state index in [2.05, 4.69) is 20.6 Å². The predicted octanol–water partition coefficient (Wildman–Crippen LogP) is 4.00. The lowest BCUT2D eigenvalue weighted by Gasteiger charge is -2.21. The number of thiazole rings is 1. The number of benzene rings is 1. The number of aromatic nitrogens is 1. The molecule has 5 nitrogen and oxygen atoms in total. The molecule has 0 saturated carbocycles. The third-order valence-corrected chi connectivity index (χ3v) is 5.10. The molecule has 29 heavy (non-hydrogen) atoms. The van der Waals surface area contributed by atoms with Gasteiger partial charge in [0.2, 0.25) is 0 Å². The number of guanidine groups is 1. The van der Waals surface area contributed by atoms with Gasteiger partial charge in [-0.1, -0.05) is 6.07 Å². The minimum atomic E-state index is -4.47. The van der Waals surface area contributed by atoms with Crippen molar-refractivity contribution in [3.63, 3.8) is 0 Å². The van der Waals surface area contributed by atoms with Crippen molar-refractivity contribution in [2.45, 2.75) is 25.2 Å². The molecule has 2 aromatic rings. The molecule has 2 heterocycles. The maximum atomic E-state index is 13.9. The van der Waals surface area contributed by atoms with E-state index >= 15 is 0 Å². The summed E-state index contributed by atoms with van der Waals surface area (Å²) in [4.78, 5) is 9.20. The van der Waals surface area contributed by atoms with Gasteiger partial charge in [-0.3, -0.25) is 4.99 Å². The molecule has 0 spiro atoms. The fraction of sp³-hybridized carbons (Fsp3) is 0.412. The van der Waals surface area contributed by atoms with Gasteiger partial charge in [-0.15, -0.1) is 35.3 Å². The van der Waals surface area contributed by atoms with Crippen LogP contribution in [0.15, 0.2) is 28.6 Å². The van der Waals surface area contributed by atoms with Crippen LogP contribution in [0.1, 0.15) is 17.1 Å². The van der Waals surface area contributed by atoms with Crippen LogP contribution >= 0.6 is 35.3 Å². The quantitative estimate of drug-likeness (QED) is 0.263. The Morgan fingerprint density at radius 1 is 1.31 bits per heavy atom. The lowest BCUT2D eigenvalue weighted by molar-refractivity contribution is -0.140. The summed E-state index contributed by atoms with van der Waals surface area (Å²) in [6, 6.07) is 3.62. The first-order chi connectivity index (χ1) is 13.3. The third-order valence-electron chi connectivity index (χ3n) is 4.26. The molecule has 0 aliphatic carbocycles. The molecule has 1 aromatic carbocycles. The van der Waals surface area contributed by atoms with Crippen LogP contribution in [0.4, 0.5) is 27.6 Å². The molecule has 1 saturated heterocycles. The second-order valence-electron chi connectivity index (χ2n) is 6.20. The number of rotatable bonds is 4. The summed E-state index contributed by atoms with van der Waals surface area (Å²) in [6.45, 7) is 0.917. The van der Waals surface area contributed by atoms with Crippen molar-refractivity contribution in [1.82, 2.24) is 15.6 Å². The number of hydrogen-bond donors (Lipinski definition) is 2. The number of nitrogens with one attached hydrogen (secondary N) is 2. The Bertz CT molecular complexity index is 837. The molecule has 0 amide bonds. The van der Waals surface area contributed by atoms with Crippen molar-refractivity contribution >= 4 is 47.0 Å². The number of alkyl halides is 3. The van der Waals surface area contributed by atoms with E-state index < -0.39 is 23.5 Å². The number of halogens is 6. The number of anilines is 1. The van der Waals surface area contributed by atoms with E-state index in [1.54, 1.807) is 4.90 Å². The van der Waals surface area contributed by atoms with Gasteiger partial charge < -0.3 is 15.5 Å². The first kappa shape index (κ1) is 23.6. The normalized spacial score (nSPS) is 17.2. The number of aliphatic imine (C=N–C) groups is 1. The highest BCUT2D eigenvalue weighted by molar-refractivity contribution is 14.0. The van der Waals surface area contributed by atoms with Crippen LogP contribution in [0.5, 0.6) is 0 Å². The fourth-order valence-corrected chi connectivity index (χ4v) is 3.68. The lowest BCUT2D eigenvalue weighted by Crippen LogP contribution is -2.44. The monoisotopic (exact) mass is 547 g/mol. The molecule has 0 radical (unpaired) electrons. The molecule has 1 aromatic heterocycles. The second-order valence-corrected chi connectivity index (χ2v) is 7.14. The number of hydrogen-bond acceptors (Lipinski definition) is 4. The molecule has 2 N–H and O–H groups in total. The topological polar surface area (TPSA) is 52.6 Å². The van der Waals surface area contributed by atoms with Crippen LogP contribution in [0, 0.1) is 11.6 Å². The van der Waals surface area contributed by atoms with E-state index in [1.165, 1.54) is 25.2 Å². The van der Waals surface area contributed by atoms with Gasteiger partial charge in [0.05, 0.1) is 6.54 Å². The highest BCUT2D eigenvalue weighted by atomic mass is 127. The standard InChI is InChI=1S/C17H18F5N5S.HI/c1-23-16(24-7-14-26-13(9-28-14)17(20,21)22)25-10-5-6-27(8-10)15-11(18)3-2-4-12(15)19;/h2-4,9-10H,5-8H2,1H3,(H2,23,24,25);1H. The van der Waals surface area contributed by atoms with E-state index in [0.717, 1.165) is 16.7 Å². The first-order valence-electron chi connectivity index (χ1n) is 8.45. The SMILES string of the molecule is CN=C(NCc1nc(C(F)(F)F)cs1)NC1CCN(c2c(F)cccc2F)C1.I. The van der Waals surface area contributed by atoms with Gasteiger partial charge in [0.1, 0.15) is 22.3 Å². The average molecular weight is 547 g/mol. The minimum absolute atomic E-state index is 0. The van der Waals surface area contributed by atoms with Crippen molar-refractivity contribution in [3.8, 4) is 0 Å². The first-order valence-corrected chi connectivity index (χ1v) is 9.33. The molecule has 12 heteroatoms. The van der Waals surface area contributed by atoms with Crippen LogP contribution in [-0.2, 0) is 12.7 Å². The Balaban J connectivity index is 0.00000300. The molecular weight excluding hydrogens is 528 g/mol. The van der Waals surface area contributed by atoms with Crippen LogP contribution < -0.4 is 15.5 Å². The van der Waals surface area contributed by atoms with Gasteiger partial charge in [-0.25, -0.2) is 13.8 Å². The summed E-state index contributed by atoms with van der Waals surface area (Å²) in [6.07, 6.45) is -3.84. The molecule has 160 valence electrons. The van der Waals surface area contributed by atoms with Gasteiger partial charge in [0, 0.05) is 31.6 Å². The average Bonchev–Trinajstić information content (AvgIpc) is 3.28. The third kappa shape index (κ3) is 5.90. The maximum absolute atomic E-state index is 13.9. The maximum Gasteiger partial charge on any atom is 0.434 e. The molecule has 1 aliphatic heterocycles. The molecule has 1 aliphatic rings. The van der Waals surface area contributed by atoms with Crippen molar-refractivity contribution in [2.75, 3.05) is 25.0 Å². The number of para-hydroxylation sites is 1. The van der Waals surface area contributed by atoms with Crippen LogP contribution in [0.3, 0.4) is 0 Å². The van der Waals surface area contributed by atoms with E-state index in [0.29, 0.717) is 25.5 Å². The van der Waals surface area contributed by atoms with Gasteiger partial charge in [0.25, 0.3) is 0 Å². The van der Waals surface area contributed by atoms with Gasteiger partial charge in [-0.05, 0) is 18.6 Å². The zero-order chi connectivity index (χ0) is 20.3. The fourth-order valence-electron chi connectivity index (χ4n) is 2.94. The molecule has 1 unspecified atom stereocenters. The van der Waals surface area contributed by atoms with Crippen LogP contribution in [0.2, 0.25) is 0 Å². The molecule has 0 bridgehead atoms. The van der Waals surface area contributed by atoms with Gasteiger partial charge >= 0.3 is 6.18 Å². The highest BCUT2D eigenvalue weighted by Gasteiger charge is 2.33. The highest BCUT2D eigenvalue weighted by Crippen LogP contribution is 2.30. The van der Waals surface area contributed by atoms with E-state index in [-0.39, 0.29) is 47.3 Å². The summed E-state index contributed by atoms with van der Waals surface area (Å²) < 4.78 is 65.7. The summed E-state index contributed by atoms with van der Waals surface area (Å²) in [5.74, 6) is -0.857. The summed E-state index contributed by atoms with van der Waals surface area (Å²) >= 11 is 0.905. The van der Waals surface area contributed by atoms with Gasteiger partial charge in [-0.2, -0.15) is 13.2 Å². The largest absolute Gasteiger partial charge is 0.434 e. The van der Waals surface area contributed by atoms with E-state index in [4.69, 9.17) is 0 Å². The van der Waals surface area contributed by atoms with E-state index in [9.17, 15) is 22.0 Å². The molecule has 3 rings (SSSR count). The van der Waals surface area contributed by atoms with Crippen molar-refractivity contribution in [1.29, 1.82) is 0 Å². The Kier molecular flexibility index (Phi) is 8.02.